The van der Waals surface area contributed by atoms with Crippen molar-refractivity contribution < 1.29 is 0 Å². The predicted octanol–water partition coefficient (Wildman–Crippen LogP) is 8.48. The Morgan fingerprint density at radius 1 is 0.826 bits per heavy atom. The number of hydrogen-bond acceptors (Lipinski definition) is 1. The van der Waals surface area contributed by atoms with Gasteiger partial charge in [-0.25, -0.2) is 0 Å². The summed E-state index contributed by atoms with van der Waals surface area (Å²) in [6, 6.07) is 11.3. The van der Waals surface area contributed by atoms with E-state index in [-0.39, 0.29) is 0 Å². The topological polar surface area (TPSA) is 0 Å². The normalized spacial score (nSPS) is 11.6. The lowest BCUT2D eigenvalue weighted by Gasteiger charge is -2.06. The van der Waals surface area contributed by atoms with E-state index in [2.05, 4.69) is 69.1 Å². The highest BCUT2D eigenvalue weighted by Gasteiger charge is 2.09. The van der Waals surface area contributed by atoms with Crippen LogP contribution in [0.25, 0.3) is 20.2 Å². The van der Waals surface area contributed by atoms with E-state index < -0.39 is 0 Å². The molecule has 0 aliphatic rings. The van der Waals surface area contributed by atoms with Gasteiger partial charge in [-0.05, 0) is 48.7 Å². The molecule has 1 aromatic heterocycles. The number of halogens is 2. The fraction of sp³-hybridized carbons (Fsp3) is 0.400. The Kier molecular flexibility index (Phi) is 6.17. The summed E-state index contributed by atoms with van der Waals surface area (Å²) in [7, 11) is 0. The number of aryl methyl sites for hydroxylation is 1. The van der Waals surface area contributed by atoms with Crippen LogP contribution in [0, 0.1) is 0 Å². The fourth-order valence-electron chi connectivity index (χ4n) is 3.10. The van der Waals surface area contributed by atoms with Crippen molar-refractivity contribution in [3.05, 3.63) is 44.8 Å². The monoisotopic (exact) mass is 452 g/mol. The Morgan fingerprint density at radius 2 is 1.57 bits per heavy atom. The molecule has 0 saturated heterocycles. The molecule has 0 radical (unpaired) electrons. The van der Waals surface area contributed by atoms with Crippen molar-refractivity contribution >= 4 is 63.4 Å². The third-order valence-corrected chi connectivity index (χ3v) is 6.77. The van der Waals surface area contributed by atoms with Crippen LogP contribution in [-0.2, 0) is 6.42 Å². The molecule has 0 unspecified atom stereocenters. The number of rotatable bonds is 7. The van der Waals surface area contributed by atoms with Crippen LogP contribution in [0.4, 0.5) is 0 Å². The molecular weight excluding hydrogens is 432 g/mol. The number of benzene rings is 2. The highest BCUT2D eigenvalue weighted by atomic mass is 79.9. The zero-order valence-corrected chi connectivity index (χ0v) is 17.5. The van der Waals surface area contributed by atoms with E-state index >= 15 is 0 Å². The average molecular weight is 454 g/mol. The molecule has 1 heterocycles. The van der Waals surface area contributed by atoms with Crippen molar-refractivity contribution in [2.24, 2.45) is 0 Å². The molecule has 0 amide bonds. The largest absolute Gasteiger partial charge is 0.135 e. The summed E-state index contributed by atoms with van der Waals surface area (Å²) in [6.45, 7) is 2.27. The first-order valence-corrected chi connectivity index (χ1v) is 10.9. The number of fused-ring (bicyclic) bond motifs is 3. The van der Waals surface area contributed by atoms with Crippen LogP contribution in [0.3, 0.4) is 0 Å². The second kappa shape index (κ2) is 8.13. The summed E-state index contributed by atoms with van der Waals surface area (Å²) >= 11 is 9.28. The lowest BCUT2D eigenvalue weighted by atomic mass is 10.0. The molecule has 0 fully saturated rings. The lowest BCUT2D eigenvalue weighted by molar-refractivity contribution is 0.607. The molecule has 0 aliphatic heterocycles. The summed E-state index contributed by atoms with van der Waals surface area (Å²) in [5.41, 5.74) is 1.46. The summed E-state index contributed by atoms with van der Waals surface area (Å²) in [6.07, 6.45) is 9.30. The highest BCUT2D eigenvalue weighted by Crippen LogP contribution is 2.38. The molecule has 3 heteroatoms. The Balaban J connectivity index is 1.77. The van der Waals surface area contributed by atoms with E-state index in [0.717, 1.165) is 4.47 Å². The van der Waals surface area contributed by atoms with Crippen LogP contribution in [0.2, 0.25) is 0 Å². The van der Waals surface area contributed by atoms with Crippen molar-refractivity contribution in [2.45, 2.75) is 51.9 Å². The first kappa shape index (κ1) is 17.4. The maximum Gasteiger partial charge on any atom is 0.0358 e. The molecule has 0 atom stereocenters. The molecule has 0 aliphatic carbocycles. The Labute approximate surface area is 159 Å². The molecule has 0 spiro atoms. The minimum atomic E-state index is 1.15. The fourth-order valence-corrected chi connectivity index (χ4v) is 5.13. The van der Waals surface area contributed by atoms with Gasteiger partial charge >= 0.3 is 0 Å². The second-order valence-electron chi connectivity index (χ2n) is 6.20. The van der Waals surface area contributed by atoms with Crippen molar-refractivity contribution in [1.29, 1.82) is 0 Å². The Morgan fingerprint density at radius 3 is 2.39 bits per heavy atom. The molecule has 0 nitrogen and oxygen atoms in total. The van der Waals surface area contributed by atoms with Crippen LogP contribution in [0.5, 0.6) is 0 Å². The number of hydrogen-bond donors (Lipinski definition) is 0. The van der Waals surface area contributed by atoms with Crippen molar-refractivity contribution in [2.75, 3.05) is 0 Å². The summed E-state index contributed by atoms with van der Waals surface area (Å²) in [5.74, 6) is 0. The van der Waals surface area contributed by atoms with Crippen molar-refractivity contribution in [3.63, 3.8) is 0 Å². The Hall–Kier alpha value is -0.380. The van der Waals surface area contributed by atoms with E-state index in [1.165, 1.54) is 75.2 Å². The zero-order valence-electron chi connectivity index (χ0n) is 13.5. The van der Waals surface area contributed by atoms with Gasteiger partial charge in [0.1, 0.15) is 0 Å². The zero-order chi connectivity index (χ0) is 16.2. The standard InChI is InChI=1S/C20H22Br2S/c1-2-3-4-5-6-7-8-14-11-20-17(13-18(14)22)16-12-15(21)9-10-19(16)23-20/h9-13H,2-8H2,1H3. The van der Waals surface area contributed by atoms with Crippen LogP contribution < -0.4 is 0 Å². The van der Waals surface area contributed by atoms with Crippen molar-refractivity contribution in [1.82, 2.24) is 0 Å². The quantitative estimate of drug-likeness (QED) is 0.314. The van der Waals surface area contributed by atoms with Gasteiger partial charge in [0.25, 0.3) is 0 Å². The summed E-state index contributed by atoms with van der Waals surface area (Å²) < 4.78 is 5.18. The first-order chi connectivity index (χ1) is 11.2. The van der Waals surface area contributed by atoms with Crippen LogP contribution in [-0.4, -0.2) is 0 Å². The summed E-state index contributed by atoms with van der Waals surface area (Å²) in [5, 5.41) is 2.72. The molecule has 0 saturated carbocycles. The molecular formula is C20H22Br2S. The van der Waals surface area contributed by atoms with Crippen LogP contribution >= 0.6 is 43.2 Å². The lowest BCUT2D eigenvalue weighted by Crippen LogP contribution is -1.88. The van der Waals surface area contributed by atoms with Gasteiger partial charge in [-0.2, -0.15) is 0 Å². The predicted molar refractivity (Wildman–Crippen MR) is 112 cm³/mol. The maximum atomic E-state index is 3.79. The minimum Gasteiger partial charge on any atom is -0.135 e. The first-order valence-electron chi connectivity index (χ1n) is 8.49. The van der Waals surface area contributed by atoms with E-state index in [1.807, 2.05) is 11.3 Å². The number of unbranched alkanes of at least 4 members (excludes halogenated alkanes) is 5. The third-order valence-electron chi connectivity index (χ3n) is 4.40. The summed E-state index contributed by atoms with van der Waals surface area (Å²) in [4.78, 5) is 0. The van der Waals surface area contributed by atoms with E-state index in [9.17, 15) is 0 Å². The molecule has 122 valence electrons. The van der Waals surface area contributed by atoms with E-state index in [0.29, 0.717) is 0 Å². The van der Waals surface area contributed by atoms with Crippen molar-refractivity contribution in [3.8, 4) is 0 Å². The molecule has 0 N–H and O–H groups in total. The van der Waals surface area contributed by atoms with Gasteiger partial charge in [0.05, 0.1) is 0 Å². The molecule has 3 aromatic rings. The average Bonchev–Trinajstić information content (AvgIpc) is 2.88. The Bertz CT molecular complexity index is 804. The van der Waals surface area contributed by atoms with Gasteiger partial charge in [-0.15, -0.1) is 11.3 Å². The van der Waals surface area contributed by atoms with E-state index in [1.54, 1.807) is 0 Å². The van der Waals surface area contributed by atoms with Crippen LogP contribution in [0.1, 0.15) is 51.0 Å². The van der Waals surface area contributed by atoms with Gasteiger partial charge < -0.3 is 0 Å². The smallest absolute Gasteiger partial charge is 0.0358 e. The number of thiophene rings is 1. The minimum absolute atomic E-state index is 1.15. The molecule has 23 heavy (non-hydrogen) atoms. The van der Waals surface area contributed by atoms with Gasteiger partial charge in [0.15, 0.2) is 0 Å². The SMILES string of the molecule is CCCCCCCCc1cc2sc3ccc(Br)cc3c2cc1Br. The van der Waals surface area contributed by atoms with Gasteiger partial charge in [-0.3, -0.25) is 0 Å². The van der Waals surface area contributed by atoms with E-state index in [4.69, 9.17) is 0 Å². The molecule has 3 rings (SSSR count). The van der Waals surface area contributed by atoms with Gasteiger partial charge in [0, 0.05) is 29.1 Å². The highest BCUT2D eigenvalue weighted by molar-refractivity contribution is 9.10. The van der Waals surface area contributed by atoms with Gasteiger partial charge in [0.2, 0.25) is 0 Å². The molecule has 0 bridgehead atoms. The van der Waals surface area contributed by atoms with Crippen LogP contribution in [0.15, 0.2) is 39.3 Å². The second-order valence-corrected chi connectivity index (χ2v) is 9.05. The van der Waals surface area contributed by atoms with Gasteiger partial charge in [-0.1, -0.05) is 70.9 Å². The third kappa shape index (κ3) is 4.18. The molecule has 2 aromatic carbocycles. The maximum absolute atomic E-state index is 3.79.